The van der Waals surface area contributed by atoms with Crippen LogP contribution in [0.3, 0.4) is 0 Å². The van der Waals surface area contributed by atoms with Gasteiger partial charge in [-0.2, -0.15) is 0 Å². The van der Waals surface area contributed by atoms with Gasteiger partial charge in [-0.3, -0.25) is 14.6 Å². The molecule has 2 aromatic carbocycles. The molecule has 0 bridgehead atoms. The maximum Gasteiger partial charge on any atom is 0.276 e. The number of rotatable bonds is 4. The summed E-state index contributed by atoms with van der Waals surface area (Å²) >= 11 is 0. The number of carbonyl (C=O) groups excluding carboxylic acids is 2. The molecule has 0 radical (unpaired) electrons. The number of para-hydroxylation sites is 1. The Morgan fingerprint density at radius 2 is 1.90 bits per heavy atom. The average molecular weight is 385 g/mol. The molecule has 29 heavy (non-hydrogen) atoms. The molecule has 0 saturated carbocycles. The van der Waals surface area contributed by atoms with E-state index in [1.807, 2.05) is 62.4 Å². The summed E-state index contributed by atoms with van der Waals surface area (Å²) in [4.78, 5) is 33.9. The highest BCUT2D eigenvalue weighted by molar-refractivity contribution is 6.10. The third-order valence-electron chi connectivity index (χ3n) is 5.23. The first kappa shape index (κ1) is 18.9. The molecule has 2 heterocycles. The first-order chi connectivity index (χ1) is 14.1. The van der Waals surface area contributed by atoms with Gasteiger partial charge in [0.1, 0.15) is 5.69 Å². The molecule has 1 aromatic heterocycles. The Morgan fingerprint density at radius 3 is 2.69 bits per heavy atom. The van der Waals surface area contributed by atoms with E-state index in [0.717, 1.165) is 23.4 Å². The molecule has 0 fully saturated rings. The minimum Gasteiger partial charge on any atom is -0.308 e. The van der Waals surface area contributed by atoms with Crippen LogP contribution in [0.2, 0.25) is 0 Å². The number of anilines is 2. The number of nitrogens with zero attached hydrogens (tertiary/aromatic N) is 3. The Hall–Kier alpha value is -3.47. The predicted octanol–water partition coefficient (Wildman–Crippen LogP) is 4.26. The van der Waals surface area contributed by atoms with Gasteiger partial charge in [0.25, 0.3) is 11.8 Å². The molecule has 2 amide bonds. The van der Waals surface area contributed by atoms with E-state index < -0.39 is 0 Å². The topological polar surface area (TPSA) is 53.5 Å². The molecular formula is C24H23N3O2. The molecule has 1 aliphatic heterocycles. The van der Waals surface area contributed by atoms with Crippen LogP contribution in [0.4, 0.5) is 11.4 Å². The number of pyridine rings is 1. The fourth-order valence-electron chi connectivity index (χ4n) is 3.76. The van der Waals surface area contributed by atoms with Gasteiger partial charge in [-0.1, -0.05) is 30.3 Å². The second kappa shape index (κ2) is 7.87. The van der Waals surface area contributed by atoms with Gasteiger partial charge in [-0.05, 0) is 61.7 Å². The number of aryl methyl sites for hydroxylation is 1. The molecular weight excluding hydrogens is 362 g/mol. The Morgan fingerprint density at radius 1 is 1.07 bits per heavy atom. The van der Waals surface area contributed by atoms with Crippen molar-refractivity contribution in [2.24, 2.45) is 0 Å². The lowest BCUT2D eigenvalue weighted by molar-refractivity contribution is 0.0983. The van der Waals surface area contributed by atoms with Crippen LogP contribution < -0.4 is 9.80 Å². The largest absolute Gasteiger partial charge is 0.308 e. The van der Waals surface area contributed by atoms with Crippen LogP contribution in [0.25, 0.3) is 0 Å². The number of hydrogen-bond acceptors (Lipinski definition) is 3. The zero-order valence-corrected chi connectivity index (χ0v) is 16.6. The van der Waals surface area contributed by atoms with Crippen LogP contribution in [0, 0.1) is 6.92 Å². The van der Waals surface area contributed by atoms with Crippen molar-refractivity contribution in [3.05, 3.63) is 89.2 Å². The lowest BCUT2D eigenvalue weighted by Crippen LogP contribution is -2.32. The first-order valence-electron chi connectivity index (χ1n) is 9.83. The molecule has 0 spiro atoms. The maximum absolute atomic E-state index is 13.1. The van der Waals surface area contributed by atoms with Gasteiger partial charge in [0.15, 0.2) is 0 Å². The van der Waals surface area contributed by atoms with Crippen molar-refractivity contribution in [3.63, 3.8) is 0 Å². The van der Waals surface area contributed by atoms with Crippen molar-refractivity contribution in [1.29, 1.82) is 0 Å². The highest BCUT2D eigenvalue weighted by Crippen LogP contribution is 2.29. The molecule has 4 rings (SSSR count). The van der Waals surface area contributed by atoms with Crippen LogP contribution in [0.15, 0.2) is 66.9 Å². The smallest absolute Gasteiger partial charge is 0.276 e. The van der Waals surface area contributed by atoms with Gasteiger partial charge in [-0.15, -0.1) is 0 Å². The van der Waals surface area contributed by atoms with E-state index in [4.69, 9.17) is 0 Å². The SMILES string of the molecule is CCN(C(=O)c1cc(C(=O)N2CCc3ccccc32)ccn1)c1cccc(C)c1. The molecule has 3 aromatic rings. The Kier molecular flexibility index (Phi) is 5.12. The van der Waals surface area contributed by atoms with Gasteiger partial charge >= 0.3 is 0 Å². The molecule has 5 nitrogen and oxygen atoms in total. The van der Waals surface area contributed by atoms with Crippen molar-refractivity contribution >= 4 is 23.2 Å². The Labute approximate surface area is 170 Å². The van der Waals surface area contributed by atoms with Gasteiger partial charge in [0, 0.05) is 36.2 Å². The monoisotopic (exact) mass is 385 g/mol. The lowest BCUT2D eigenvalue weighted by atomic mass is 10.1. The normalized spacial score (nSPS) is 12.6. The average Bonchev–Trinajstić information content (AvgIpc) is 3.18. The van der Waals surface area contributed by atoms with Crippen molar-refractivity contribution < 1.29 is 9.59 Å². The molecule has 1 aliphatic rings. The molecule has 146 valence electrons. The van der Waals surface area contributed by atoms with Crippen molar-refractivity contribution in [2.75, 3.05) is 22.9 Å². The summed E-state index contributed by atoms with van der Waals surface area (Å²) in [5, 5.41) is 0. The number of carbonyl (C=O) groups is 2. The van der Waals surface area contributed by atoms with Gasteiger partial charge in [0.2, 0.25) is 0 Å². The molecule has 5 heteroatoms. The standard InChI is InChI=1S/C24H23N3O2/c1-3-26(20-9-6-7-17(2)15-20)24(29)21-16-19(11-13-25-21)23(28)27-14-12-18-8-4-5-10-22(18)27/h4-11,13,15-16H,3,12,14H2,1-2H3. The Balaban J connectivity index is 1.62. The second-order valence-corrected chi connectivity index (χ2v) is 7.15. The van der Waals surface area contributed by atoms with Crippen molar-refractivity contribution in [3.8, 4) is 0 Å². The van der Waals surface area contributed by atoms with Gasteiger partial charge in [-0.25, -0.2) is 0 Å². The first-order valence-corrected chi connectivity index (χ1v) is 9.83. The molecule has 0 unspecified atom stereocenters. The van der Waals surface area contributed by atoms with E-state index in [2.05, 4.69) is 4.98 Å². The van der Waals surface area contributed by atoms with E-state index in [-0.39, 0.29) is 17.5 Å². The summed E-state index contributed by atoms with van der Waals surface area (Å²) < 4.78 is 0. The van der Waals surface area contributed by atoms with Crippen molar-refractivity contribution in [2.45, 2.75) is 20.3 Å². The predicted molar refractivity (Wildman–Crippen MR) is 115 cm³/mol. The third-order valence-corrected chi connectivity index (χ3v) is 5.23. The lowest BCUT2D eigenvalue weighted by Gasteiger charge is -2.22. The molecule has 0 atom stereocenters. The number of amides is 2. The fraction of sp³-hybridized carbons (Fsp3) is 0.208. The minimum atomic E-state index is -0.213. The van der Waals surface area contributed by atoms with E-state index >= 15 is 0 Å². The van der Waals surface area contributed by atoms with Gasteiger partial charge < -0.3 is 9.80 Å². The number of hydrogen-bond donors (Lipinski definition) is 0. The summed E-state index contributed by atoms with van der Waals surface area (Å²) in [6.07, 6.45) is 2.38. The van der Waals surface area contributed by atoms with E-state index in [0.29, 0.717) is 18.7 Å². The number of benzene rings is 2. The Bertz CT molecular complexity index is 1080. The highest BCUT2D eigenvalue weighted by atomic mass is 16.2. The van der Waals surface area contributed by atoms with Crippen molar-refractivity contribution in [1.82, 2.24) is 4.98 Å². The summed E-state index contributed by atoms with van der Waals surface area (Å²) in [5.74, 6) is -0.320. The number of fused-ring (bicyclic) bond motifs is 1. The van der Waals surface area contributed by atoms with Crippen LogP contribution >= 0.6 is 0 Å². The molecule has 0 aliphatic carbocycles. The second-order valence-electron chi connectivity index (χ2n) is 7.15. The molecule has 0 saturated heterocycles. The highest BCUT2D eigenvalue weighted by Gasteiger charge is 2.26. The van der Waals surface area contributed by atoms with Crippen LogP contribution in [-0.4, -0.2) is 29.9 Å². The number of aromatic nitrogens is 1. The van der Waals surface area contributed by atoms with Crippen LogP contribution in [0.1, 0.15) is 38.9 Å². The van der Waals surface area contributed by atoms with E-state index in [1.54, 1.807) is 21.9 Å². The van der Waals surface area contributed by atoms with Crippen LogP contribution in [-0.2, 0) is 6.42 Å². The van der Waals surface area contributed by atoms with Gasteiger partial charge in [0.05, 0.1) is 0 Å². The summed E-state index contributed by atoms with van der Waals surface area (Å²) in [6, 6.07) is 19.0. The molecule has 0 N–H and O–H groups in total. The summed E-state index contributed by atoms with van der Waals surface area (Å²) in [5.41, 5.74) is 4.76. The summed E-state index contributed by atoms with van der Waals surface area (Å²) in [6.45, 7) is 5.08. The fourth-order valence-corrected chi connectivity index (χ4v) is 3.76. The zero-order chi connectivity index (χ0) is 20.4. The van der Waals surface area contributed by atoms with E-state index in [9.17, 15) is 9.59 Å². The van der Waals surface area contributed by atoms with E-state index in [1.165, 1.54) is 11.8 Å². The minimum absolute atomic E-state index is 0.106. The quantitative estimate of drug-likeness (QED) is 0.674. The van der Waals surface area contributed by atoms with Crippen LogP contribution in [0.5, 0.6) is 0 Å². The third kappa shape index (κ3) is 3.63. The zero-order valence-electron chi connectivity index (χ0n) is 16.6. The summed E-state index contributed by atoms with van der Waals surface area (Å²) in [7, 11) is 0. The maximum atomic E-state index is 13.1.